The Bertz CT molecular complexity index is 1200. The van der Waals surface area contributed by atoms with Crippen molar-refractivity contribution in [3.8, 4) is 0 Å². The lowest BCUT2D eigenvalue weighted by molar-refractivity contribution is -0.385. The number of hydrogen-bond donors (Lipinski definition) is 1. The van der Waals surface area contributed by atoms with E-state index >= 15 is 0 Å². The van der Waals surface area contributed by atoms with Crippen molar-refractivity contribution in [2.75, 3.05) is 5.75 Å². The lowest BCUT2D eigenvalue weighted by atomic mass is 10.1. The van der Waals surface area contributed by atoms with Crippen molar-refractivity contribution < 1.29 is 14.5 Å². The fourth-order valence-corrected chi connectivity index (χ4v) is 4.66. The highest BCUT2D eigenvalue weighted by molar-refractivity contribution is 8.00. The summed E-state index contributed by atoms with van der Waals surface area (Å²) < 4.78 is 0. The Morgan fingerprint density at radius 3 is 2.52 bits per heavy atom. The standard InChI is InChI=1S/C24H20N4O4S/c29-22-16-33-24(27(22)15-17-6-2-1-3-7-17)19-12-10-18(11-13-19)23(30)26-25-14-20-8-4-5-9-21(20)28(31)32/h1-14,24H,15-16H2,(H,26,30)/b25-14-/t24-/m0/s1. The first-order valence-electron chi connectivity index (χ1n) is 10.1. The number of hydrazone groups is 1. The highest BCUT2D eigenvalue weighted by atomic mass is 32.2. The second-order valence-corrected chi connectivity index (χ2v) is 8.38. The summed E-state index contributed by atoms with van der Waals surface area (Å²) >= 11 is 1.56. The van der Waals surface area contributed by atoms with Gasteiger partial charge >= 0.3 is 0 Å². The van der Waals surface area contributed by atoms with Crippen LogP contribution in [0.4, 0.5) is 5.69 Å². The number of carbonyl (C=O) groups excluding carboxylic acids is 2. The first kappa shape index (κ1) is 22.2. The Morgan fingerprint density at radius 1 is 1.09 bits per heavy atom. The van der Waals surface area contributed by atoms with Crippen molar-refractivity contribution in [1.82, 2.24) is 10.3 Å². The molecule has 0 saturated carbocycles. The lowest BCUT2D eigenvalue weighted by Crippen LogP contribution is -2.27. The summed E-state index contributed by atoms with van der Waals surface area (Å²) in [6, 6.07) is 23.0. The zero-order valence-corrected chi connectivity index (χ0v) is 18.3. The van der Waals surface area contributed by atoms with E-state index in [1.54, 1.807) is 42.1 Å². The van der Waals surface area contributed by atoms with E-state index in [4.69, 9.17) is 0 Å². The number of thioether (sulfide) groups is 1. The minimum Gasteiger partial charge on any atom is -0.322 e. The van der Waals surface area contributed by atoms with Gasteiger partial charge < -0.3 is 4.90 Å². The Balaban J connectivity index is 1.42. The average Bonchev–Trinajstić information content (AvgIpc) is 3.20. The van der Waals surface area contributed by atoms with Crippen LogP contribution in [0.3, 0.4) is 0 Å². The van der Waals surface area contributed by atoms with Crippen LogP contribution in [0.15, 0.2) is 84.0 Å². The van der Waals surface area contributed by atoms with E-state index in [-0.39, 0.29) is 17.0 Å². The molecule has 0 radical (unpaired) electrons. The molecule has 0 aromatic heterocycles. The molecule has 1 saturated heterocycles. The fourth-order valence-electron chi connectivity index (χ4n) is 3.47. The van der Waals surface area contributed by atoms with Crippen LogP contribution in [0.1, 0.15) is 32.4 Å². The third-order valence-corrected chi connectivity index (χ3v) is 6.38. The monoisotopic (exact) mass is 460 g/mol. The van der Waals surface area contributed by atoms with E-state index in [0.717, 1.165) is 11.1 Å². The number of nitro benzene ring substituents is 1. The maximum Gasteiger partial charge on any atom is 0.278 e. The van der Waals surface area contributed by atoms with Gasteiger partial charge in [-0.05, 0) is 29.3 Å². The molecule has 1 aliphatic rings. The second-order valence-electron chi connectivity index (χ2n) is 7.31. The Hall–Kier alpha value is -3.98. The van der Waals surface area contributed by atoms with Crippen molar-refractivity contribution in [2.45, 2.75) is 11.9 Å². The molecule has 1 atom stereocenters. The molecule has 0 bridgehead atoms. The molecular formula is C24H20N4O4S. The summed E-state index contributed by atoms with van der Waals surface area (Å²) in [4.78, 5) is 37.2. The third kappa shape index (κ3) is 5.27. The number of nitrogens with one attached hydrogen (secondary N) is 1. The van der Waals surface area contributed by atoms with Crippen LogP contribution in [-0.2, 0) is 11.3 Å². The molecule has 1 aliphatic heterocycles. The van der Waals surface area contributed by atoms with Gasteiger partial charge in [0.1, 0.15) is 5.37 Å². The van der Waals surface area contributed by atoms with Crippen LogP contribution in [0.5, 0.6) is 0 Å². The van der Waals surface area contributed by atoms with E-state index in [2.05, 4.69) is 10.5 Å². The summed E-state index contributed by atoms with van der Waals surface area (Å²) in [5.41, 5.74) is 4.97. The fraction of sp³-hybridized carbons (Fsp3) is 0.125. The van der Waals surface area contributed by atoms with Gasteiger partial charge in [-0.3, -0.25) is 19.7 Å². The zero-order valence-electron chi connectivity index (χ0n) is 17.5. The molecule has 4 rings (SSSR count). The van der Waals surface area contributed by atoms with E-state index in [1.807, 2.05) is 47.4 Å². The number of benzene rings is 3. The minimum absolute atomic E-state index is 0.0833. The van der Waals surface area contributed by atoms with Crippen LogP contribution >= 0.6 is 11.8 Å². The van der Waals surface area contributed by atoms with Gasteiger partial charge in [-0.2, -0.15) is 5.10 Å². The molecule has 3 aromatic carbocycles. The molecule has 0 spiro atoms. The van der Waals surface area contributed by atoms with Crippen LogP contribution in [0.2, 0.25) is 0 Å². The predicted octanol–water partition coefficient (Wildman–Crippen LogP) is 4.13. The summed E-state index contributed by atoms with van der Waals surface area (Å²) in [5.74, 6) is 0.0628. The summed E-state index contributed by atoms with van der Waals surface area (Å²) in [6.45, 7) is 0.528. The normalized spacial score (nSPS) is 15.7. The number of carbonyl (C=O) groups is 2. The van der Waals surface area contributed by atoms with Crippen molar-refractivity contribution in [3.05, 3.63) is 111 Å². The van der Waals surface area contributed by atoms with E-state index in [1.165, 1.54) is 12.3 Å². The maximum atomic E-state index is 12.4. The maximum absolute atomic E-state index is 12.4. The molecule has 2 amide bonds. The third-order valence-electron chi connectivity index (χ3n) is 5.13. The van der Waals surface area contributed by atoms with Crippen LogP contribution in [0.25, 0.3) is 0 Å². The molecule has 1 N–H and O–H groups in total. The average molecular weight is 461 g/mol. The number of hydrogen-bond acceptors (Lipinski definition) is 6. The highest BCUT2D eigenvalue weighted by Gasteiger charge is 2.32. The molecular weight excluding hydrogens is 440 g/mol. The zero-order chi connectivity index (χ0) is 23.2. The molecule has 0 aliphatic carbocycles. The summed E-state index contributed by atoms with van der Waals surface area (Å²) in [5, 5.41) is 14.8. The van der Waals surface area contributed by atoms with Crippen LogP contribution in [-0.4, -0.2) is 33.6 Å². The second kappa shape index (κ2) is 10.1. The molecule has 166 valence electrons. The molecule has 9 heteroatoms. The van der Waals surface area contributed by atoms with Gasteiger partial charge in [0.2, 0.25) is 5.91 Å². The molecule has 3 aromatic rings. The van der Waals surface area contributed by atoms with E-state index < -0.39 is 10.8 Å². The van der Waals surface area contributed by atoms with Gasteiger partial charge in [-0.25, -0.2) is 5.43 Å². The SMILES string of the molecule is O=C(N/N=C\c1ccccc1[N+](=O)[O-])c1ccc([C@@H]2SCC(=O)N2Cc2ccccc2)cc1. The summed E-state index contributed by atoms with van der Waals surface area (Å²) in [7, 11) is 0. The van der Waals surface area contributed by atoms with Crippen molar-refractivity contribution in [2.24, 2.45) is 5.10 Å². The van der Waals surface area contributed by atoms with Crippen molar-refractivity contribution >= 4 is 35.5 Å². The lowest BCUT2D eigenvalue weighted by Gasteiger charge is -2.24. The van der Waals surface area contributed by atoms with Gasteiger partial charge in [-0.1, -0.05) is 54.6 Å². The number of nitro groups is 1. The first-order valence-corrected chi connectivity index (χ1v) is 11.2. The molecule has 8 nitrogen and oxygen atoms in total. The van der Waals surface area contributed by atoms with Crippen LogP contribution < -0.4 is 5.43 Å². The van der Waals surface area contributed by atoms with Gasteiger partial charge in [0, 0.05) is 18.2 Å². The predicted molar refractivity (Wildman–Crippen MR) is 127 cm³/mol. The topological polar surface area (TPSA) is 105 Å². The first-order chi connectivity index (χ1) is 16.0. The summed E-state index contributed by atoms with van der Waals surface area (Å²) in [6.07, 6.45) is 1.24. The largest absolute Gasteiger partial charge is 0.322 e. The molecule has 1 fully saturated rings. The highest BCUT2D eigenvalue weighted by Crippen LogP contribution is 2.39. The van der Waals surface area contributed by atoms with Crippen molar-refractivity contribution in [3.63, 3.8) is 0 Å². The van der Waals surface area contributed by atoms with Gasteiger partial charge in [0.05, 0.1) is 22.5 Å². The Labute approximate surface area is 194 Å². The van der Waals surface area contributed by atoms with Crippen molar-refractivity contribution in [1.29, 1.82) is 0 Å². The Morgan fingerprint density at radius 2 is 1.79 bits per heavy atom. The smallest absolute Gasteiger partial charge is 0.278 e. The number of para-hydroxylation sites is 1. The Kier molecular flexibility index (Phi) is 6.80. The quantitative estimate of drug-likeness (QED) is 0.324. The number of nitrogens with zero attached hydrogens (tertiary/aromatic N) is 3. The molecule has 1 heterocycles. The van der Waals surface area contributed by atoms with Gasteiger partial charge in [-0.15, -0.1) is 11.8 Å². The minimum atomic E-state index is -0.505. The molecule has 33 heavy (non-hydrogen) atoms. The van der Waals surface area contributed by atoms with E-state index in [0.29, 0.717) is 23.4 Å². The van der Waals surface area contributed by atoms with Gasteiger partial charge in [0.25, 0.3) is 11.6 Å². The van der Waals surface area contributed by atoms with E-state index in [9.17, 15) is 19.7 Å². The van der Waals surface area contributed by atoms with Crippen LogP contribution in [0, 0.1) is 10.1 Å². The van der Waals surface area contributed by atoms with Gasteiger partial charge in [0.15, 0.2) is 0 Å². The number of amides is 2. The molecule has 0 unspecified atom stereocenters. The number of rotatable bonds is 7.